The molecule has 2 saturated heterocycles. The molecule has 60 heavy (non-hydrogen) atoms. The number of methoxy groups -OCH3 is 1. The van der Waals surface area contributed by atoms with Crippen LogP contribution in [0.4, 0.5) is 15.9 Å². The minimum Gasteiger partial charge on any atom is -0.495 e. The van der Waals surface area contributed by atoms with Crippen molar-refractivity contribution >= 4 is 28.6 Å². The Morgan fingerprint density at radius 2 is 1.72 bits per heavy atom. The minimum absolute atomic E-state index is 0.0531. The van der Waals surface area contributed by atoms with E-state index >= 15 is 4.39 Å². The van der Waals surface area contributed by atoms with E-state index in [4.69, 9.17) is 14.5 Å². The predicted molar refractivity (Wildman–Crippen MR) is 229 cm³/mol. The van der Waals surface area contributed by atoms with E-state index in [1.807, 2.05) is 38.1 Å². The van der Waals surface area contributed by atoms with E-state index in [1.165, 1.54) is 4.88 Å². The van der Waals surface area contributed by atoms with Crippen molar-refractivity contribution in [3.05, 3.63) is 98.8 Å². The molecule has 0 radical (unpaired) electrons. The maximum Gasteiger partial charge on any atom is 0.162 e. The number of aliphatic hydroxyl groups is 1. The molecule has 1 spiro atoms. The summed E-state index contributed by atoms with van der Waals surface area (Å²) >= 11 is 1.70. The number of benzene rings is 2. The van der Waals surface area contributed by atoms with Crippen LogP contribution in [0.25, 0.3) is 5.00 Å². The van der Waals surface area contributed by atoms with Gasteiger partial charge in [-0.1, -0.05) is 6.07 Å². The number of ether oxygens (including phenoxy) is 2. The summed E-state index contributed by atoms with van der Waals surface area (Å²) in [6, 6.07) is 16.7. The monoisotopic (exact) mass is 830 g/mol. The molecule has 5 aromatic rings. The zero-order chi connectivity index (χ0) is 41.7. The molecular weight excluding hydrogens is 780 g/mol. The van der Waals surface area contributed by atoms with Crippen LogP contribution in [0.2, 0.25) is 0 Å². The zero-order valence-corrected chi connectivity index (χ0v) is 35.6. The number of aromatic nitrogens is 5. The first-order valence-corrected chi connectivity index (χ1v) is 21.8. The highest BCUT2D eigenvalue weighted by molar-refractivity contribution is 7.15. The van der Waals surface area contributed by atoms with Crippen LogP contribution in [0.1, 0.15) is 109 Å². The van der Waals surface area contributed by atoms with Crippen LogP contribution in [-0.2, 0) is 0 Å². The zero-order valence-electron chi connectivity index (χ0n) is 34.8. The van der Waals surface area contributed by atoms with Crippen LogP contribution in [0, 0.1) is 43.3 Å². The molecular formula is C45H51FN10O3S. The summed E-state index contributed by atoms with van der Waals surface area (Å²) in [5, 5.41) is 42.4. The molecule has 1 unspecified atom stereocenters. The molecule has 6 heterocycles. The fourth-order valence-electron chi connectivity index (χ4n) is 9.49. The van der Waals surface area contributed by atoms with Gasteiger partial charge in [-0.05, 0) is 120 Å². The third-order valence-corrected chi connectivity index (χ3v) is 14.3. The first-order chi connectivity index (χ1) is 29.0. The summed E-state index contributed by atoms with van der Waals surface area (Å²) < 4.78 is 29.8. The van der Waals surface area contributed by atoms with Crippen LogP contribution in [0.15, 0.2) is 53.5 Å². The summed E-state index contributed by atoms with van der Waals surface area (Å²) in [5.74, 6) is 3.40. The number of hydrogen-bond acceptors (Lipinski definition) is 13. The van der Waals surface area contributed by atoms with Crippen molar-refractivity contribution < 1.29 is 19.0 Å². The molecule has 0 amide bonds. The Labute approximate surface area is 353 Å². The summed E-state index contributed by atoms with van der Waals surface area (Å²) in [5.41, 5.74) is 5.49. The largest absolute Gasteiger partial charge is 0.495 e. The highest BCUT2D eigenvalue weighted by Gasteiger charge is 2.42. The standard InChI is InChI=1S/C45H51FN10O3S/c1-26-28(3)60-44-40(26)41(48-27(2)42-53-50-29(4)56(42)44)30-7-14-37(35(46)22-30)54-19-16-45(17-20-54)18-21-55(25-45)39-15-13-36(51-52-39)43(57)49-32-8-11-33(12-9-32)59-34-10-6-31(24-47)38(23-34)58-5/h6-7,10,13-15,22-23,27,32-33,43,49,57H,8-9,11-12,16-21,25H2,1-5H3/t27-,32?,33?,43?/m0/s1. The third kappa shape index (κ3) is 7.50. The van der Waals surface area contributed by atoms with E-state index in [0.29, 0.717) is 28.4 Å². The van der Waals surface area contributed by atoms with Crippen molar-refractivity contribution in [2.75, 3.05) is 43.1 Å². The summed E-state index contributed by atoms with van der Waals surface area (Å²) in [7, 11) is 1.55. The van der Waals surface area contributed by atoms with Crippen molar-refractivity contribution in [1.29, 1.82) is 5.26 Å². The number of thiophene rings is 1. The number of anilines is 2. The number of aryl methyl sites for hydroxylation is 2. The molecule has 3 aliphatic heterocycles. The van der Waals surface area contributed by atoms with Crippen molar-refractivity contribution in [3.63, 3.8) is 0 Å². The number of hydrogen-bond donors (Lipinski definition) is 2. The maximum atomic E-state index is 16.2. The van der Waals surface area contributed by atoms with E-state index in [2.05, 4.69) is 60.0 Å². The van der Waals surface area contributed by atoms with Crippen LogP contribution in [0.3, 0.4) is 0 Å². The van der Waals surface area contributed by atoms with Crippen LogP contribution in [-0.4, -0.2) is 81.2 Å². The van der Waals surface area contributed by atoms with Gasteiger partial charge >= 0.3 is 0 Å². The predicted octanol–water partition coefficient (Wildman–Crippen LogP) is 7.44. The van der Waals surface area contributed by atoms with Gasteiger partial charge in [0.05, 0.1) is 30.2 Å². The van der Waals surface area contributed by atoms with E-state index in [0.717, 1.165) is 116 Å². The average molecular weight is 831 g/mol. The Bertz CT molecular complexity index is 2460. The lowest BCUT2D eigenvalue weighted by Gasteiger charge is -2.40. The molecule has 1 aliphatic carbocycles. The number of piperidine rings is 1. The summed E-state index contributed by atoms with van der Waals surface area (Å²) in [6.07, 6.45) is 5.49. The van der Waals surface area contributed by atoms with E-state index < -0.39 is 6.23 Å². The third-order valence-electron chi connectivity index (χ3n) is 13.1. The molecule has 13 nitrogen and oxygen atoms in total. The quantitative estimate of drug-likeness (QED) is 0.143. The second-order valence-corrected chi connectivity index (χ2v) is 18.0. The number of nitriles is 1. The lowest BCUT2D eigenvalue weighted by atomic mass is 9.77. The number of nitrogens with one attached hydrogen (secondary N) is 1. The maximum absolute atomic E-state index is 16.2. The van der Waals surface area contributed by atoms with Gasteiger partial charge in [0.15, 0.2) is 11.6 Å². The van der Waals surface area contributed by atoms with Gasteiger partial charge in [0.1, 0.15) is 52.2 Å². The van der Waals surface area contributed by atoms with Gasteiger partial charge in [-0.2, -0.15) is 5.26 Å². The van der Waals surface area contributed by atoms with Crippen LogP contribution < -0.4 is 24.6 Å². The topological polar surface area (TPSA) is 150 Å². The fraction of sp³-hybridized carbons (Fsp3) is 0.467. The normalized spacial score (nSPS) is 21.5. The lowest BCUT2D eigenvalue weighted by Crippen LogP contribution is -2.42. The Morgan fingerprint density at radius 3 is 2.42 bits per heavy atom. The van der Waals surface area contributed by atoms with Gasteiger partial charge in [-0.3, -0.25) is 14.9 Å². The molecule has 2 atom stereocenters. The Kier molecular flexibility index (Phi) is 10.8. The van der Waals surface area contributed by atoms with Crippen molar-refractivity contribution in [2.45, 2.75) is 97.1 Å². The molecule has 0 bridgehead atoms. The molecule has 2 N–H and O–H groups in total. The second-order valence-electron chi connectivity index (χ2n) is 16.8. The minimum atomic E-state index is -0.919. The number of halogens is 1. The summed E-state index contributed by atoms with van der Waals surface area (Å²) in [6.45, 7) is 11.5. The Balaban J connectivity index is 0.782. The van der Waals surface area contributed by atoms with Crippen molar-refractivity contribution in [2.24, 2.45) is 10.4 Å². The average Bonchev–Trinajstić information content (AvgIpc) is 3.92. The highest BCUT2D eigenvalue weighted by atomic mass is 32.1. The van der Waals surface area contributed by atoms with E-state index in [1.54, 1.807) is 42.7 Å². The molecule has 9 rings (SSSR count). The highest BCUT2D eigenvalue weighted by Crippen LogP contribution is 2.44. The van der Waals surface area contributed by atoms with Gasteiger partial charge in [-0.15, -0.1) is 31.7 Å². The van der Waals surface area contributed by atoms with Gasteiger partial charge in [0.25, 0.3) is 0 Å². The molecule has 1 saturated carbocycles. The number of aliphatic hydroxyl groups excluding tert-OH is 1. The van der Waals surface area contributed by atoms with Crippen molar-refractivity contribution in [1.82, 2.24) is 30.3 Å². The number of fused-ring (bicyclic) bond motifs is 3. The molecule has 4 aliphatic rings. The Hall–Kier alpha value is -5.43. The first-order valence-electron chi connectivity index (χ1n) is 21.0. The van der Waals surface area contributed by atoms with Crippen molar-refractivity contribution in [3.8, 4) is 22.6 Å². The molecule has 3 fully saturated rings. The van der Waals surface area contributed by atoms with Crippen LogP contribution in [0.5, 0.6) is 11.5 Å². The molecule has 312 valence electrons. The molecule has 2 aromatic carbocycles. The first kappa shape index (κ1) is 40.0. The number of aliphatic imine (C=N–C) groups is 1. The Morgan fingerprint density at radius 1 is 0.950 bits per heavy atom. The van der Waals surface area contributed by atoms with E-state index in [9.17, 15) is 10.4 Å². The van der Waals surface area contributed by atoms with E-state index in [-0.39, 0.29) is 29.4 Å². The molecule has 15 heteroatoms. The summed E-state index contributed by atoms with van der Waals surface area (Å²) in [4.78, 5) is 10.8. The second kappa shape index (κ2) is 16.2. The molecule has 3 aromatic heterocycles. The van der Waals surface area contributed by atoms with Gasteiger partial charge in [0, 0.05) is 54.3 Å². The van der Waals surface area contributed by atoms with Crippen LogP contribution >= 0.6 is 11.3 Å². The SMILES string of the molecule is COc1cc(OC2CCC(NC(O)c3ccc(N4CCC5(CCN(c6ccc(C7=N[C@@H](C)c8nnc(C)n8-c8sc(C)c(C)c87)cc6F)CC5)C4)nn3)CC2)ccc1C#N. The number of rotatable bonds is 9. The smallest absolute Gasteiger partial charge is 0.162 e. The van der Waals surface area contributed by atoms with Gasteiger partial charge < -0.3 is 24.4 Å². The van der Waals surface area contributed by atoms with Gasteiger partial charge in [-0.25, -0.2) is 4.39 Å². The lowest BCUT2D eigenvalue weighted by molar-refractivity contribution is 0.0856. The number of nitrogens with zero attached hydrogens (tertiary/aromatic N) is 9. The van der Waals surface area contributed by atoms with Gasteiger partial charge in [0.2, 0.25) is 0 Å². The fourth-order valence-corrected chi connectivity index (χ4v) is 10.7.